The van der Waals surface area contributed by atoms with Crippen LogP contribution in [-0.2, 0) is 9.53 Å². The molecular formula is C13H17N3O3. The maximum Gasteiger partial charge on any atom is 0.333 e. The third-order valence-corrected chi connectivity index (χ3v) is 2.13. The molecule has 102 valence electrons. The number of carbonyl (C=O) groups excluding carboxylic acids is 2. The molecule has 2 N–H and O–H groups in total. The Kier molecular flexibility index (Phi) is 5.53. The van der Waals surface area contributed by atoms with E-state index in [1.165, 1.54) is 0 Å². The number of aryl methyl sites for hydroxylation is 1. The maximum absolute atomic E-state index is 11.5. The first-order chi connectivity index (χ1) is 8.99. The molecule has 1 aromatic rings. The molecule has 0 aromatic carbocycles. The second-order valence-corrected chi connectivity index (χ2v) is 4.02. The first-order valence-electron chi connectivity index (χ1n) is 5.79. The summed E-state index contributed by atoms with van der Waals surface area (Å²) < 4.78 is 4.83. The van der Waals surface area contributed by atoms with Crippen LogP contribution in [0, 0.1) is 6.92 Å². The lowest BCUT2D eigenvalue weighted by atomic mass is 10.3. The number of rotatable bonds is 5. The molecule has 0 saturated carbocycles. The molecule has 0 unspecified atom stereocenters. The third kappa shape index (κ3) is 5.67. The highest BCUT2D eigenvalue weighted by Crippen LogP contribution is 2.04. The minimum Gasteiger partial charge on any atom is -0.460 e. The fraction of sp³-hybridized carbons (Fsp3) is 0.308. The number of esters is 1. The standard InChI is InChI=1S/C13H17N3O3/c1-9(2)12(17)19-7-6-15-13(18)16-11-8-10(3)4-5-14-11/h4-5,8H,1,6-7H2,2-3H3,(H2,14,15,16,18). The average Bonchev–Trinajstić information content (AvgIpc) is 2.34. The van der Waals surface area contributed by atoms with Crippen molar-refractivity contribution in [3.05, 3.63) is 36.0 Å². The van der Waals surface area contributed by atoms with Gasteiger partial charge >= 0.3 is 12.0 Å². The van der Waals surface area contributed by atoms with Crippen LogP contribution in [0.25, 0.3) is 0 Å². The number of aromatic nitrogens is 1. The molecule has 1 aromatic heterocycles. The molecule has 2 amide bonds. The lowest BCUT2D eigenvalue weighted by Gasteiger charge is -2.08. The molecule has 0 aliphatic carbocycles. The largest absolute Gasteiger partial charge is 0.460 e. The predicted octanol–water partition coefficient (Wildman–Crippen LogP) is 1.63. The number of hydrogen-bond donors (Lipinski definition) is 2. The summed E-state index contributed by atoms with van der Waals surface area (Å²) in [5, 5.41) is 5.12. The van der Waals surface area contributed by atoms with E-state index in [1.807, 2.05) is 13.0 Å². The number of urea groups is 1. The van der Waals surface area contributed by atoms with E-state index in [9.17, 15) is 9.59 Å². The summed E-state index contributed by atoms with van der Waals surface area (Å²) in [5.41, 5.74) is 1.33. The molecule has 0 bridgehead atoms. The number of carbonyl (C=O) groups is 2. The second-order valence-electron chi connectivity index (χ2n) is 4.02. The zero-order valence-corrected chi connectivity index (χ0v) is 11.0. The van der Waals surface area contributed by atoms with E-state index in [1.54, 1.807) is 19.2 Å². The van der Waals surface area contributed by atoms with Gasteiger partial charge in [0.05, 0.1) is 6.54 Å². The normalized spacial score (nSPS) is 9.58. The molecule has 0 aliphatic heterocycles. The van der Waals surface area contributed by atoms with E-state index in [0.717, 1.165) is 5.56 Å². The summed E-state index contributed by atoms with van der Waals surface area (Å²) in [6, 6.07) is 3.19. The van der Waals surface area contributed by atoms with Crippen LogP contribution < -0.4 is 10.6 Å². The predicted molar refractivity (Wildman–Crippen MR) is 71.8 cm³/mol. The molecule has 0 aliphatic rings. The van der Waals surface area contributed by atoms with Gasteiger partial charge in [-0.15, -0.1) is 0 Å². The van der Waals surface area contributed by atoms with Crippen molar-refractivity contribution in [2.24, 2.45) is 0 Å². The first-order valence-corrected chi connectivity index (χ1v) is 5.79. The van der Waals surface area contributed by atoms with Gasteiger partial charge in [0.15, 0.2) is 0 Å². The molecule has 0 atom stereocenters. The molecular weight excluding hydrogens is 246 g/mol. The molecule has 0 saturated heterocycles. The SMILES string of the molecule is C=C(C)C(=O)OCCNC(=O)Nc1cc(C)ccn1. The van der Waals surface area contributed by atoms with Gasteiger partial charge in [0.2, 0.25) is 0 Å². The minimum absolute atomic E-state index is 0.0976. The highest BCUT2D eigenvalue weighted by atomic mass is 16.5. The van der Waals surface area contributed by atoms with Crippen molar-refractivity contribution >= 4 is 17.8 Å². The first kappa shape index (κ1) is 14.7. The van der Waals surface area contributed by atoms with Gasteiger partial charge in [0.1, 0.15) is 12.4 Å². The van der Waals surface area contributed by atoms with Crippen molar-refractivity contribution < 1.29 is 14.3 Å². The van der Waals surface area contributed by atoms with Crippen LogP contribution in [0.5, 0.6) is 0 Å². The Labute approximate surface area is 111 Å². The molecule has 0 radical (unpaired) electrons. The fourth-order valence-electron chi connectivity index (χ4n) is 1.20. The lowest BCUT2D eigenvalue weighted by molar-refractivity contribution is -0.138. The molecule has 19 heavy (non-hydrogen) atoms. The van der Waals surface area contributed by atoms with E-state index in [-0.39, 0.29) is 13.2 Å². The van der Waals surface area contributed by atoms with Crippen molar-refractivity contribution in [3.8, 4) is 0 Å². The van der Waals surface area contributed by atoms with E-state index in [4.69, 9.17) is 4.74 Å². The lowest BCUT2D eigenvalue weighted by Crippen LogP contribution is -2.32. The Morgan fingerprint density at radius 3 is 2.84 bits per heavy atom. The van der Waals surface area contributed by atoms with E-state index in [2.05, 4.69) is 22.2 Å². The van der Waals surface area contributed by atoms with Gasteiger partial charge in [-0.1, -0.05) is 6.58 Å². The number of nitrogens with one attached hydrogen (secondary N) is 2. The van der Waals surface area contributed by atoms with Crippen molar-refractivity contribution in [1.82, 2.24) is 10.3 Å². The fourth-order valence-corrected chi connectivity index (χ4v) is 1.20. The van der Waals surface area contributed by atoms with E-state index < -0.39 is 12.0 Å². The Morgan fingerprint density at radius 1 is 1.47 bits per heavy atom. The molecule has 1 rings (SSSR count). The molecule has 1 heterocycles. The number of hydrogen-bond acceptors (Lipinski definition) is 4. The topological polar surface area (TPSA) is 80.3 Å². The Balaban J connectivity index is 2.25. The summed E-state index contributed by atoms with van der Waals surface area (Å²) >= 11 is 0. The van der Waals surface area contributed by atoms with Crippen molar-refractivity contribution in [3.63, 3.8) is 0 Å². The monoisotopic (exact) mass is 263 g/mol. The van der Waals surface area contributed by atoms with Gasteiger partial charge in [-0.3, -0.25) is 5.32 Å². The van der Waals surface area contributed by atoms with Crippen LogP contribution in [0.2, 0.25) is 0 Å². The van der Waals surface area contributed by atoms with Crippen molar-refractivity contribution in [1.29, 1.82) is 0 Å². The van der Waals surface area contributed by atoms with Gasteiger partial charge in [0, 0.05) is 11.8 Å². The molecule has 6 heteroatoms. The highest BCUT2D eigenvalue weighted by molar-refractivity contribution is 5.88. The quantitative estimate of drug-likeness (QED) is 0.480. The Hall–Kier alpha value is -2.37. The van der Waals surface area contributed by atoms with Gasteiger partial charge in [-0.05, 0) is 31.5 Å². The van der Waals surface area contributed by atoms with Crippen LogP contribution in [-0.4, -0.2) is 30.1 Å². The zero-order chi connectivity index (χ0) is 14.3. The summed E-state index contributed by atoms with van der Waals surface area (Å²) in [5.74, 6) is -0.000935. The van der Waals surface area contributed by atoms with Gasteiger partial charge in [0.25, 0.3) is 0 Å². The smallest absolute Gasteiger partial charge is 0.333 e. The third-order valence-electron chi connectivity index (χ3n) is 2.13. The van der Waals surface area contributed by atoms with Crippen LogP contribution in [0.4, 0.5) is 10.6 Å². The van der Waals surface area contributed by atoms with Crippen molar-refractivity contribution in [2.75, 3.05) is 18.5 Å². The number of amides is 2. The Bertz CT molecular complexity index is 486. The van der Waals surface area contributed by atoms with Crippen LogP contribution in [0.3, 0.4) is 0 Å². The van der Waals surface area contributed by atoms with Crippen LogP contribution in [0.1, 0.15) is 12.5 Å². The van der Waals surface area contributed by atoms with E-state index in [0.29, 0.717) is 11.4 Å². The summed E-state index contributed by atoms with van der Waals surface area (Å²) in [7, 11) is 0. The Morgan fingerprint density at radius 2 is 2.21 bits per heavy atom. The molecule has 0 spiro atoms. The van der Waals surface area contributed by atoms with E-state index >= 15 is 0 Å². The van der Waals surface area contributed by atoms with Gasteiger partial charge < -0.3 is 10.1 Å². The summed E-state index contributed by atoms with van der Waals surface area (Å²) in [4.78, 5) is 26.5. The van der Waals surface area contributed by atoms with Crippen molar-refractivity contribution in [2.45, 2.75) is 13.8 Å². The minimum atomic E-state index is -0.470. The average molecular weight is 263 g/mol. The van der Waals surface area contributed by atoms with Crippen LogP contribution >= 0.6 is 0 Å². The van der Waals surface area contributed by atoms with Gasteiger partial charge in [-0.25, -0.2) is 14.6 Å². The van der Waals surface area contributed by atoms with Crippen LogP contribution in [0.15, 0.2) is 30.5 Å². The number of ether oxygens (including phenoxy) is 1. The molecule has 6 nitrogen and oxygen atoms in total. The number of pyridine rings is 1. The highest BCUT2D eigenvalue weighted by Gasteiger charge is 2.04. The summed E-state index contributed by atoms with van der Waals surface area (Å²) in [6.45, 7) is 7.23. The zero-order valence-electron chi connectivity index (χ0n) is 11.0. The number of nitrogens with zero attached hydrogens (tertiary/aromatic N) is 1. The maximum atomic E-state index is 11.5. The van der Waals surface area contributed by atoms with Gasteiger partial charge in [-0.2, -0.15) is 0 Å². The second kappa shape index (κ2) is 7.15. The summed E-state index contributed by atoms with van der Waals surface area (Å²) in [6.07, 6.45) is 1.61. The number of anilines is 1. The molecule has 0 fully saturated rings.